The van der Waals surface area contributed by atoms with E-state index in [1.54, 1.807) is 0 Å². The molecule has 1 aromatic rings. The van der Waals surface area contributed by atoms with E-state index in [0.29, 0.717) is 24.5 Å². The van der Waals surface area contributed by atoms with Crippen LogP contribution in [0.15, 0.2) is 18.2 Å². The van der Waals surface area contributed by atoms with Gasteiger partial charge in [0.2, 0.25) is 0 Å². The average molecular weight is 289 g/mol. The predicted molar refractivity (Wildman–Crippen MR) is 57.0 cm³/mol. The van der Waals surface area contributed by atoms with E-state index in [4.69, 9.17) is 4.74 Å². The van der Waals surface area contributed by atoms with Gasteiger partial charge >= 0.3 is 0 Å². The van der Waals surface area contributed by atoms with Crippen LogP contribution in [0.4, 0.5) is 0 Å². The Morgan fingerprint density at radius 2 is 2.31 bits per heavy atom. The van der Waals surface area contributed by atoms with Gasteiger partial charge < -0.3 is 10.1 Å². The maximum atomic E-state index is 11.5. The van der Waals surface area contributed by atoms with Gasteiger partial charge in [-0.25, -0.2) is 0 Å². The van der Waals surface area contributed by atoms with E-state index in [1.807, 2.05) is 18.2 Å². The summed E-state index contributed by atoms with van der Waals surface area (Å²) in [5.41, 5.74) is 0.629. The van der Waals surface area contributed by atoms with Crippen molar-refractivity contribution < 1.29 is 9.53 Å². The molecule has 1 N–H and O–H groups in total. The van der Waals surface area contributed by atoms with Gasteiger partial charge in [0.15, 0.2) is 0 Å². The van der Waals surface area contributed by atoms with E-state index in [2.05, 4.69) is 27.9 Å². The first-order valence-electron chi connectivity index (χ1n) is 3.98. The molecule has 68 valence electrons. The number of benzene rings is 1. The summed E-state index contributed by atoms with van der Waals surface area (Å²) in [6, 6.07) is 5.59. The summed E-state index contributed by atoms with van der Waals surface area (Å²) in [4.78, 5) is 11.5. The molecule has 3 nitrogen and oxygen atoms in total. The molecule has 1 aromatic carbocycles. The Morgan fingerprint density at radius 3 is 3.15 bits per heavy atom. The summed E-state index contributed by atoms with van der Waals surface area (Å²) >= 11 is 2.17. The molecule has 1 aliphatic rings. The lowest BCUT2D eigenvalue weighted by Gasteiger charge is -2.04. The number of fused-ring (bicyclic) bond motifs is 1. The Bertz CT molecular complexity index is 351. The number of nitrogens with one attached hydrogen (secondary N) is 1. The number of carbonyl (C=O) groups excluding carboxylic acids is 1. The first kappa shape index (κ1) is 8.80. The molecule has 0 saturated heterocycles. The van der Waals surface area contributed by atoms with Crippen LogP contribution in [-0.4, -0.2) is 19.1 Å². The van der Waals surface area contributed by atoms with E-state index >= 15 is 0 Å². The second-order valence-corrected chi connectivity index (χ2v) is 3.99. The van der Waals surface area contributed by atoms with Crippen LogP contribution in [0.1, 0.15) is 10.4 Å². The minimum Gasteiger partial charge on any atom is -0.491 e. The summed E-state index contributed by atoms with van der Waals surface area (Å²) in [6.45, 7) is 1.11. The van der Waals surface area contributed by atoms with Crippen LogP contribution in [0.5, 0.6) is 5.75 Å². The van der Waals surface area contributed by atoms with Crippen LogP contribution >= 0.6 is 22.6 Å². The first-order chi connectivity index (χ1) is 6.27. The van der Waals surface area contributed by atoms with Crippen LogP contribution in [0.25, 0.3) is 0 Å². The quantitative estimate of drug-likeness (QED) is 0.733. The summed E-state index contributed by atoms with van der Waals surface area (Å²) in [5, 5.41) is 2.76. The number of amides is 1. The van der Waals surface area contributed by atoms with E-state index in [-0.39, 0.29) is 5.91 Å². The fraction of sp³-hybridized carbons (Fsp3) is 0.222. The molecule has 13 heavy (non-hydrogen) atoms. The molecule has 0 aromatic heterocycles. The predicted octanol–water partition coefficient (Wildman–Crippen LogP) is 1.41. The van der Waals surface area contributed by atoms with Crippen molar-refractivity contribution in [3.05, 3.63) is 27.3 Å². The van der Waals surface area contributed by atoms with Crippen LogP contribution in [0.3, 0.4) is 0 Å². The van der Waals surface area contributed by atoms with Crippen LogP contribution in [-0.2, 0) is 0 Å². The second-order valence-electron chi connectivity index (χ2n) is 2.74. The molecule has 0 unspecified atom stereocenters. The molecular weight excluding hydrogens is 281 g/mol. The van der Waals surface area contributed by atoms with Crippen molar-refractivity contribution in [1.29, 1.82) is 0 Å². The maximum Gasteiger partial charge on any atom is 0.255 e. The maximum absolute atomic E-state index is 11.5. The van der Waals surface area contributed by atoms with Crippen molar-refractivity contribution in [3.63, 3.8) is 0 Å². The first-order valence-corrected chi connectivity index (χ1v) is 5.06. The largest absolute Gasteiger partial charge is 0.491 e. The van der Waals surface area contributed by atoms with Crippen LogP contribution in [0.2, 0.25) is 0 Å². The van der Waals surface area contributed by atoms with Crippen molar-refractivity contribution in [2.45, 2.75) is 0 Å². The van der Waals surface area contributed by atoms with Gasteiger partial charge in [-0.05, 0) is 40.8 Å². The zero-order valence-electron chi connectivity index (χ0n) is 6.84. The van der Waals surface area contributed by atoms with Gasteiger partial charge in [-0.15, -0.1) is 0 Å². The highest BCUT2D eigenvalue weighted by molar-refractivity contribution is 14.1. The number of hydrogen-bond acceptors (Lipinski definition) is 2. The average Bonchev–Trinajstić information content (AvgIpc) is 2.29. The number of carbonyl (C=O) groups is 1. The fourth-order valence-corrected chi connectivity index (χ4v) is 1.72. The molecule has 1 aliphatic heterocycles. The Morgan fingerprint density at radius 1 is 1.46 bits per heavy atom. The number of halogens is 1. The summed E-state index contributed by atoms with van der Waals surface area (Å²) in [5.74, 6) is 0.626. The van der Waals surface area contributed by atoms with Crippen molar-refractivity contribution in [3.8, 4) is 5.75 Å². The van der Waals surface area contributed by atoms with Gasteiger partial charge in [-0.2, -0.15) is 0 Å². The van der Waals surface area contributed by atoms with E-state index in [9.17, 15) is 4.79 Å². The SMILES string of the molecule is O=C1NCCOc2ccc(I)cc21. The highest BCUT2D eigenvalue weighted by atomic mass is 127. The monoisotopic (exact) mass is 289 g/mol. The summed E-state index contributed by atoms with van der Waals surface area (Å²) in [7, 11) is 0. The number of rotatable bonds is 0. The van der Waals surface area contributed by atoms with E-state index in [1.165, 1.54) is 0 Å². The zero-order chi connectivity index (χ0) is 9.26. The van der Waals surface area contributed by atoms with Gasteiger partial charge in [-0.3, -0.25) is 4.79 Å². The number of hydrogen-bond donors (Lipinski definition) is 1. The fourth-order valence-electron chi connectivity index (χ4n) is 1.23. The Balaban J connectivity index is 2.49. The summed E-state index contributed by atoms with van der Waals surface area (Å²) < 4.78 is 6.43. The van der Waals surface area contributed by atoms with Crippen molar-refractivity contribution in [2.75, 3.05) is 13.2 Å². The molecule has 4 heteroatoms. The lowest BCUT2D eigenvalue weighted by Crippen LogP contribution is -2.24. The molecule has 0 saturated carbocycles. The molecule has 0 radical (unpaired) electrons. The van der Waals surface area contributed by atoms with E-state index < -0.39 is 0 Å². The van der Waals surface area contributed by atoms with Crippen molar-refractivity contribution in [2.24, 2.45) is 0 Å². The van der Waals surface area contributed by atoms with Gasteiger partial charge in [0.25, 0.3) is 5.91 Å². The van der Waals surface area contributed by atoms with Crippen LogP contribution < -0.4 is 10.1 Å². The lowest BCUT2D eigenvalue weighted by molar-refractivity contribution is 0.0957. The van der Waals surface area contributed by atoms with Crippen LogP contribution in [0, 0.1) is 3.57 Å². The third kappa shape index (κ3) is 1.77. The molecule has 0 fully saturated rings. The number of ether oxygens (including phenoxy) is 1. The molecule has 1 amide bonds. The molecule has 2 rings (SSSR count). The minimum atomic E-state index is -0.0500. The Labute approximate surface area is 89.6 Å². The molecule has 0 spiro atoms. The Kier molecular flexibility index (Phi) is 2.39. The third-order valence-electron chi connectivity index (χ3n) is 1.83. The minimum absolute atomic E-state index is 0.0500. The molecule has 1 heterocycles. The zero-order valence-corrected chi connectivity index (χ0v) is 9.00. The highest BCUT2D eigenvalue weighted by Gasteiger charge is 2.15. The van der Waals surface area contributed by atoms with Gasteiger partial charge in [0.1, 0.15) is 12.4 Å². The Hall–Kier alpha value is -0.780. The van der Waals surface area contributed by atoms with Gasteiger partial charge in [-0.1, -0.05) is 0 Å². The molecule has 0 aliphatic carbocycles. The van der Waals surface area contributed by atoms with Crippen molar-refractivity contribution in [1.82, 2.24) is 5.32 Å². The van der Waals surface area contributed by atoms with E-state index in [0.717, 1.165) is 3.57 Å². The second kappa shape index (κ2) is 3.53. The summed E-state index contributed by atoms with van der Waals surface area (Å²) in [6.07, 6.45) is 0. The normalized spacial score (nSPS) is 15.3. The smallest absolute Gasteiger partial charge is 0.255 e. The molecule has 0 bridgehead atoms. The third-order valence-corrected chi connectivity index (χ3v) is 2.50. The van der Waals surface area contributed by atoms with Crippen molar-refractivity contribution >= 4 is 28.5 Å². The molecule has 0 atom stereocenters. The topological polar surface area (TPSA) is 38.3 Å². The van der Waals surface area contributed by atoms with Gasteiger partial charge in [0, 0.05) is 3.57 Å². The molecular formula is C9H8INO2. The lowest BCUT2D eigenvalue weighted by atomic mass is 10.2. The van der Waals surface area contributed by atoms with Gasteiger partial charge in [0.05, 0.1) is 12.1 Å². The highest BCUT2D eigenvalue weighted by Crippen LogP contribution is 2.22. The standard InChI is InChI=1S/C9H8INO2/c10-6-1-2-8-7(5-6)9(12)11-3-4-13-8/h1-2,5H,3-4H2,(H,11,12).